The van der Waals surface area contributed by atoms with Crippen molar-refractivity contribution >= 4 is 10.0 Å². The van der Waals surface area contributed by atoms with Gasteiger partial charge in [0.05, 0.1) is 25.0 Å². The molecule has 1 aromatic carbocycles. The monoisotopic (exact) mass is 295 g/mol. The smallest absolute Gasteiger partial charge is 0.241 e. The lowest BCUT2D eigenvalue weighted by Crippen LogP contribution is -2.14. The summed E-state index contributed by atoms with van der Waals surface area (Å²) in [5.74, 6) is 0.771. The van der Waals surface area contributed by atoms with Crippen molar-refractivity contribution in [2.45, 2.75) is 25.3 Å². The van der Waals surface area contributed by atoms with Gasteiger partial charge in [0.25, 0.3) is 0 Å². The molecule has 7 heteroatoms. The Morgan fingerprint density at radius 3 is 2.30 bits per heavy atom. The van der Waals surface area contributed by atoms with E-state index >= 15 is 0 Å². The number of aryl methyl sites for hydroxylation is 1. The van der Waals surface area contributed by atoms with Gasteiger partial charge in [-0.1, -0.05) is 12.1 Å². The molecule has 108 valence electrons. The molecule has 0 spiro atoms. The van der Waals surface area contributed by atoms with Crippen LogP contribution in [0.4, 0.5) is 0 Å². The lowest BCUT2D eigenvalue weighted by molar-refractivity contribution is 0.414. The predicted octanol–water partition coefficient (Wildman–Crippen LogP) is 1.20. The van der Waals surface area contributed by atoms with Crippen molar-refractivity contribution in [1.29, 1.82) is 0 Å². The first kappa shape index (κ1) is 14.5. The first-order chi connectivity index (χ1) is 9.32. The number of hydrogen-bond donors (Lipinski definition) is 1. The van der Waals surface area contributed by atoms with Gasteiger partial charge in [-0.15, -0.1) is 0 Å². The van der Waals surface area contributed by atoms with E-state index in [9.17, 15) is 8.42 Å². The second-order valence-corrected chi connectivity index (χ2v) is 6.05. The molecule has 0 fully saturated rings. The Hall–Kier alpha value is -1.86. The molecule has 0 aliphatic carbocycles. The van der Waals surface area contributed by atoms with E-state index in [1.807, 2.05) is 24.3 Å². The van der Waals surface area contributed by atoms with Crippen molar-refractivity contribution in [2.24, 2.45) is 5.14 Å². The van der Waals surface area contributed by atoms with Crippen LogP contribution in [0.2, 0.25) is 0 Å². The highest BCUT2D eigenvalue weighted by atomic mass is 32.2. The quantitative estimate of drug-likeness (QED) is 0.918. The molecular weight excluding hydrogens is 278 g/mol. The number of nitrogens with two attached hydrogens (primary N) is 1. The summed E-state index contributed by atoms with van der Waals surface area (Å²) >= 11 is 0. The number of aromatic nitrogens is 2. The van der Waals surface area contributed by atoms with Crippen LogP contribution in [0, 0.1) is 13.8 Å². The summed E-state index contributed by atoms with van der Waals surface area (Å²) in [6.45, 7) is 3.81. The molecule has 1 heterocycles. The van der Waals surface area contributed by atoms with Gasteiger partial charge in [-0.25, -0.2) is 13.6 Å². The Balaban J connectivity index is 2.35. The highest BCUT2D eigenvalue weighted by molar-refractivity contribution is 7.89. The topological polar surface area (TPSA) is 87.2 Å². The Bertz CT molecular complexity index is 718. The first-order valence-corrected chi connectivity index (χ1v) is 7.57. The predicted molar refractivity (Wildman–Crippen MR) is 75.2 cm³/mol. The van der Waals surface area contributed by atoms with E-state index in [2.05, 4.69) is 5.10 Å². The van der Waals surface area contributed by atoms with Crippen LogP contribution in [-0.2, 0) is 16.6 Å². The summed E-state index contributed by atoms with van der Waals surface area (Å²) < 4.78 is 29.8. The third-order valence-electron chi connectivity index (χ3n) is 3.09. The molecule has 2 rings (SSSR count). The van der Waals surface area contributed by atoms with Crippen LogP contribution in [0.5, 0.6) is 5.75 Å². The van der Waals surface area contributed by atoms with Gasteiger partial charge in [0.15, 0.2) is 0 Å². The largest absolute Gasteiger partial charge is 0.497 e. The van der Waals surface area contributed by atoms with Crippen LogP contribution in [-0.4, -0.2) is 25.3 Å². The third-order valence-corrected chi connectivity index (χ3v) is 4.25. The molecule has 0 amide bonds. The van der Waals surface area contributed by atoms with Gasteiger partial charge in [-0.05, 0) is 31.5 Å². The van der Waals surface area contributed by atoms with Gasteiger partial charge in [-0.2, -0.15) is 5.10 Å². The fraction of sp³-hybridized carbons (Fsp3) is 0.308. The van der Waals surface area contributed by atoms with Crippen LogP contribution < -0.4 is 9.88 Å². The second kappa shape index (κ2) is 5.26. The lowest BCUT2D eigenvalue weighted by Gasteiger charge is -2.06. The van der Waals surface area contributed by atoms with Crippen molar-refractivity contribution in [3.05, 3.63) is 41.2 Å². The number of sulfonamides is 1. The zero-order valence-corrected chi connectivity index (χ0v) is 12.4. The maximum Gasteiger partial charge on any atom is 0.241 e. The normalized spacial score (nSPS) is 11.6. The Labute approximate surface area is 118 Å². The van der Waals surface area contributed by atoms with E-state index in [1.165, 1.54) is 0 Å². The van der Waals surface area contributed by atoms with E-state index in [1.54, 1.807) is 25.6 Å². The molecule has 6 nitrogen and oxygen atoms in total. The van der Waals surface area contributed by atoms with E-state index in [0.29, 0.717) is 17.9 Å². The average Bonchev–Trinajstić information content (AvgIpc) is 2.64. The van der Waals surface area contributed by atoms with E-state index < -0.39 is 10.0 Å². The summed E-state index contributed by atoms with van der Waals surface area (Å²) in [5, 5.41) is 9.45. The van der Waals surface area contributed by atoms with Crippen LogP contribution >= 0.6 is 0 Å². The Morgan fingerprint density at radius 2 is 1.85 bits per heavy atom. The van der Waals surface area contributed by atoms with Crippen molar-refractivity contribution < 1.29 is 13.2 Å². The van der Waals surface area contributed by atoms with Gasteiger partial charge >= 0.3 is 0 Å². The minimum Gasteiger partial charge on any atom is -0.497 e. The molecule has 1 aromatic heterocycles. The summed E-state index contributed by atoms with van der Waals surface area (Å²) in [6, 6.07) is 7.51. The molecule has 0 saturated heterocycles. The van der Waals surface area contributed by atoms with Crippen LogP contribution in [0.15, 0.2) is 29.2 Å². The maximum atomic E-state index is 11.5. The third kappa shape index (κ3) is 2.83. The van der Waals surface area contributed by atoms with E-state index in [0.717, 1.165) is 11.3 Å². The first-order valence-electron chi connectivity index (χ1n) is 6.02. The highest BCUT2D eigenvalue weighted by Crippen LogP contribution is 2.19. The molecule has 2 N–H and O–H groups in total. The van der Waals surface area contributed by atoms with Crippen LogP contribution in [0.3, 0.4) is 0 Å². The fourth-order valence-corrected chi connectivity index (χ4v) is 3.12. The molecule has 0 unspecified atom stereocenters. The Kier molecular flexibility index (Phi) is 3.82. The van der Waals surface area contributed by atoms with Crippen molar-refractivity contribution in [1.82, 2.24) is 9.78 Å². The highest BCUT2D eigenvalue weighted by Gasteiger charge is 2.20. The van der Waals surface area contributed by atoms with Gasteiger partial charge in [0, 0.05) is 0 Å². The van der Waals surface area contributed by atoms with Crippen molar-refractivity contribution in [3.63, 3.8) is 0 Å². The number of primary sulfonamides is 1. The number of ether oxygens (including phenoxy) is 1. The SMILES string of the molecule is COc1ccc(Cn2nc(C)c(S(N)(=O)=O)c2C)cc1. The number of benzene rings is 1. The summed E-state index contributed by atoms with van der Waals surface area (Å²) in [6.07, 6.45) is 0. The standard InChI is InChI=1S/C13H17N3O3S/c1-9-13(20(14,17)18)10(2)16(15-9)8-11-4-6-12(19-3)7-5-11/h4-7H,8H2,1-3H3,(H2,14,17,18). The minimum atomic E-state index is -3.75. The fourth-order valence-electron chi connectivity index (χ4n) is 2.15. The molecule has 0 aliphatic heterocycles. The molecule has 20 heavy (non-hydrogen) atoms. The molecule has 0 bridgehead atoms. The second-order valence-electron chi connectivity index (χ2n) is 4.55. The molecule has 0 atom stereocenters. The number of nitrogens with zero attached hydrogens (tertiary/aromatic N) is 2. The summed E-state index contributed by atoms with van der Waals surface area (Å²) in [7, 11) is -2.14. The van der Waals surface area contributed by atoms with Crippen molar-refractivity contribution in [3.8, 4) is 5.75 Å². The number of hydrogen-bond acceptors (Lipinski definition) is 4. The Morgan fingerprint density at radius 1 is 1.25 bits per heavy atom. The minimum absolute atomic E-state index is 0.103. The molecule has 0 aliphatic rings. The summed E-state index contributed by atoms with van der Waals surface area (Å²) in [4.78, 5) is 0.103. The van der Waals surface area contributed by atoms with Gasteiger partial charge in [0.2, 0.25) is 10.0 Å². The molecule has 0 radical (unpaired) electrons. The van der Waals surface area contributed by atoms with Gasteiger partial charge < -0.3 is 4.74 Å². The number of methoxy groups -OCH3 is 1. The number of rotatable bonds is 4. The molecular formula is C13H17N3O3S. The zero-order chi connectivity index (χ0) is 14.9. The maximum absolute atomic E-state index is 11.5. The summed E-state index contributed by atoms with van der Waals surface area (Å²) in [5.41, 5.74) is 1.96. The lowest BCUT2D eigenvalue weighted by atomic mass is 10.2. The van der Waals surface area contributed by atoms with Gasteiger partial charge in [-0.3, -0.25) is 4.68 Å². The van der Waals surface area contributed by atoms with Gasteiger partial charge in [0.1, 0.15) is 10.6 Å². The van der Waals surface area contributed by atoms with E-state index in [-0.39, 0.29) is 4.90 Å². The molecule has 0 saturated carbocycles. The van der Waals surface area contributed by atoms with Crippen LogP contribution in [0.1, 0.15) is 17.0 Å². The van der Waals surface area contributed by atoms with E-state index in [4.69, 9.17) is 9.88 Å². The molecule has 2 aromatic rings. The zero-order valence-electron chi connectivity index (χ0n) is 11.6. The van der Waals surface area contributed by atoms with Crippen molar-refractivity contribution in [2.75, 3.05) is 7.11 Å². The van der Waals surface area contributed by atoms with Crippen LogP contribution in [0.25, 0.3) is 0 Å². The average molecular weight is 295 g/mol.